The number of amides is 2. The van der Waals surface area contributed by atoms with Crippen molar-refractivity contribution in [3.63, 3.8) is 0 Å². The van der Waals surface area contributed by atoms with Crippen molar-refractivity contribution in [2.24, 2.45) is 0 Å². The van der Waals surface area contributed by atoms with E-state index in [-0.39, 0.29) is 24.4 Å². The lowest BCUT2D eigenvalue weighted by Crippen LogP contribution is -2.57. The lowest BCUT2D eigenvalue weighted by molar-refractivity contribution is -0.130. The van der Waals surface area contributed by atoms with E-state index in [1.807, 2.05) is 0 Å². The molecule has 1 heterocycles. The third kappa shape index (κ3) is 4.78. The number of hydrogen-bond donors (Lipinski definition) is 2. The summed E-state index contributed by atoms with van der Waals surface area (Å²) in [6.07, 6.45) is -0.367. The molecule has 2 aromatic rings. The normalized spacial score (nSPS) is 16.7. The van der Waals surface area contributed by atoms with Crippen LogP contribution in [0, 0.1) is 0 Å². The third-order valence-electron chi connectivity index (χ3n) is 4.96. The minimum atomic E-state index is -3.96. The largest absolute Gasteiger partial charge is 0.493 e. The molecule has 1 fully saturated rings. The van der Waals surface area contributed by atoms with E-state index in [1.54, 1.807) is 30.3 Å². The van der Waals surface area contributed by atoms with Crippen molar-refractivity contribution in [1.29, 1.82) is 0 Å². The maximum atomic E-state index is 13.1. The first-order valence-corrected chi connectivity index (χ1v) is 11.2. The number of methoxy groups -OCH3 is 3. The maximum Gasteiger partial charge on any atom is 0.243 e. The summed E-state index contributed by atoms with van der Waals surface area (Å²) in [6, 6.07) is 9.70. The van der Waals surface area contributed by atoms with Crippen LogP contribution in [-0.2, 0) is 19.6 Å². The highest BCUT2D eigenvalue weighted by molar-refractivity contribution is 7.89. The van der Waals surface area contributed by atoms with Crippen LogP contribution in [0.4, 0.5) is 5.69 Å². The third-order valence-corrected chi connectivity index (χ3v) is 6.88. The molecule has 2 N–H and O–H groups in total. The minimum Gasteiger partial charge on any atom is -0.493 e. The van der Waals surface area contributed by atoms with Gasteiger partial charge in [-0.3, -0.25) is 9.59 Å². The summed E-state index contributed by atoms with van der Waals surface area (Å²) in [5.74, 6) is -0.0400. The van der Waals surface area contributed by atoms with Gasteiger partial charge in [-0.2, -0.15) is 4.31 Å². The van der Waals surface area contributed by atoms with E-state index in [0.29, 0.717) is 22.9 Å². The van der Waals surface area contributed by atoms with Crippen molar-refractivity contribution in [3.05, 3.63) is 42.5 Å². The summed E-state index contributed by atoms with van der Waals surface area (Å²) in [5, 5.41) is 5.29. The summed E-state index contributed by atoms with van der Waals surface area (Å²) in [7, 11) is 0.395. The van der Waals surface area contributed by atoms with Gasteiger partial charge < -0.3 is 24.8 Å². The number of sulfonamides is 1. The molecule has 0 unspecified atom stereocenters. The van der Waals surface area contributed by atoms with Gasteiger partial charge in [0.2, 0.25) is 27.6 Å². The number of hydrogen-bond acceptors (Lipinski definition) is 7. The van der Waals surface area contributed by atoms with E-state index < -0.39 is 27.9 Å². The number of carbonyl (C=O) groups is 2. The zero-order valence-corrected chi connectivity index (χ0v) is 18.8. The Balaban J connectivity index is 1.83. The van der Waals surface area contributed by atoms with Gasteiger partial charge in [0.25, 0.3) is 0 Å². The van der Waals surface area contributed by atoms with Crippen molar-refractivity contribution in [1.82, 2.24) is 9.62 Å². The number of ether oxygens (including phenoxy) is 3. The Hall–Kier alpha value is -3.31. The first kappa shape index (κ1) is 23.4. The lowest BCUT2D eigenvalue weighted by atomic mass is 10.1. The number of rotatable bonds is 8. The fourth-order valence-corrected chi connectivity index (χ4v) is 5.05. The fraction of sp³-hybridized carbons (Fsp3) is 0.333. The topological polar surface area (TPSA) is 123 Å². The molecule has 0 aromatic heterocycles. The van der Waals surface area contributed by atoms with Gasteiger partial charge in [-0.15, -0.1) is 0 Å². The second-order valence-corrected chi connectivity index (χ2v) is 8.79. The van der Waals surface area contributed by atoms with Crippen LogP contribution >= 0.6 is 0 Å². The zero-order valence-electron chi connectivity index (χ0n) is 18.0. The highest BCUT2D eigenvalue weighted by atomic mass is 32.2. The summed E-state index contributed by atoms with van der Waals surface area (Å²) < 4.78 is 43.0. The molecule has 1 saturated heterocycles. The van der Waals surface area contributed by atoms with Crippen molar-refractivity contribution in [2.45, 2.75) is 17.4 Å². The Bertz CT molecular complexity index is 1060. The molecule has 2 amide bonds. The molecule has 1 atom stereocenters. The van der Waals surface area contributed by atoms with Gasteiger partial charge in [0, 0.05) is 30.9 Å². The Morgan fingerprint density at radius 1 is 1.09 bits per heavy atom. The van der Waals surface area contributed by atoms with Crippen LogP contribution in [0.3, 0.4) is 0 Å². The molecule has 3 rings (SSSR count). The highest BCUT2D eigenvalue weighted by Gasteiger charge is 2.39. The summed E-state index contributed by atoms with van der Waals surface area (Å²) >= 11 is 0. The van der Waals surface area contributed by atoms with Crippen LogP contribution in [0.15, 0.2) is 47.4 Å². The second kappa shape index (κ2) is 9.88. The summed E-state index contributed by atoms with van der Waals surface area (Å²) in [5.41, 5.74) is 0.346. The second-order valence-electron chi connectivity index (χ2n) is 6.90. The van der Waals surface area contributed by atoms with Gasteiger partial charge in [0.1, 0.15) is 6.04 Å². The number of piperazine rings is 1. The average Bonchev–Trinajstić information content (AvgIpc) is 2.80. The van der Waals surface area contributed by atoms with Crippen LogP contribution in [0.25, 0.3) is 0 Å². The number of nitrogens with zero attached hydrogens (tertiary/aromatic N) is 1. The Morgan fingerprint density at radius 2 is 1.72 bits per heavy atom. The van der Waals surface area contributed by atoms with Crippen molar-refractivity contribution in [3.8, 4) is 17.2 Å². The van der Waals surface area contributed by atoms with Crippen molar-refractivity contribution >= 4 is 27.5 Å². The Labute approximate surface area is 186 Å². The van der Waals surface area contributed by atoms with E-state index in [9.17, 15) is 18.0 Å². The first-order valence-electron chi connectivity index (χ1n) is 9.76. The first-order chi connectivity index (χ1) is 15.3. The standard InChI is InChI=1S/C21H25N3O7S/c1-29-17-11-14(12-18(30-2)20(17)31-3)23-19(25)13-16-21(26)22-9-10-24(16)32(27,28)15-7-5-4-6-8-15/h4-8,11-12,16H,9-10,13H2,1-3H3,(H,22,26)(H,23,25)/t16-/m0/s1. The molecule has 0 saturated carbocycles. The van der Waals surface area contributed by atoms with E-state index >= 15 is 0 Å². The van der Waals surface area contributed by atoms with Crippen molar-refractivity contribution < 1.29 is 32.2 Å². The SMILES string of the molecule is COc1cc(NC(=O)C[C@H]2C(=O)NCCN2S(=O)(=O)c2ccccc2)cc(OC)c1OC. The van der Waals surface area contributed by atoms with Crippen LogP contribution < -0.4 is 24.8 Å². The van der Waals surface area contributed by atoms with Gasteiger partial charge in [-0.1, -0.05) is 18.2 Å². The molecular formula is C21H25N3O7S. The average molecular weight is 464 g/mol. The molecule has 0 radical (unpaired) electrons. The summed E-state index contributed by atoms with van der Waals surface area (Å²) in [6.45, 7) is 0.223. The molecule has 2 aromatic carbocycles. The van der Waals surface area contributed by atoms with Crippen LogP contribution in [0.2, 0.25) is 0 Å². The molecule has 1 aliphatic heterocycles. The quantitative estimate of drug-likeness (QED) is 0.604. The summed E-state index contributed by atoms with van der Waals surface area (Å²) in [4.78, 5) is 25.3. The molecule has 32 heavy (non-hydrogen) atoms. The molecule has 1 aliphatic rings. The minimum absolute atomic E-state index is 0.0599. The van der Waals surface area contributed by atoms with Gasteiger partial charge in [0.15, 0.2) is 11.5 Å². The zero-order chi connectivity index (χ0) is 23.3. The molecular weight excluding hydrogens is 438 g/mol. The van der Waals surface area contributed by atoms with Crippen LogP contribution in [0.5, 0.6) is 17.2 Å². The molecule has 10 nitrogen and oxygen atoms in total. The Kier molecular flexibility index (Phi) is 7.21. The van der Waals surface area contributed by atoms with E-state index in [4.69, 9.17) is 14.2 Å². The van der Waals surface area contributed by atoms with E-state index in [2.05, 4.69) is 10.6 Å². The Morgan fingerprint density at radius 3 is 2.28 bits per heavy atom. The van der Waals surface area contributed by atoms with Crippen LogP contribution in [0.1, 0.15) is 6.42 Å². The number of benzene rings is 2. The number of nitrogens with one attached hydrogen (secondary N) is 2. The maximum absolute atomic E-state index is 13.1. The van der Waals surface area contributed by atoms with Crippen LogP contribution in [-0.4, -0.2) is 65.0 Å². The van der Waals surface area contributed by atoms with Crippen molar-refractivity contribution in [2.75, 3.05) is 39.7 Å². The molecule has 0 bridgehead atoms. The lowest BCUT2D eigenvalue weighted by Gasteiger charge is -2.33. The van der Waals surface area contributed by atoms with Gasteiger partial charge in [0.05, 0.1) is 32.6 Å². The highest BCUT2D eigenvalue weighted by Crippen LogP contribution is 2.40. The molecule has 11 heteroatoms. The number of carbonyl (C=O) groups excluding carboxylic acids is 2. The predicted molar refractivity (Wildman–Crippen MR) is 116 cm³/mol. The molecule has 172 valence electrons. The van der Waals surface area contributed by atoms with Gasteiger partial charge in [-0.25, -0.2) is 8.42 Å². The monoisotopic (exact) mass is 463 g/mol. The van der Waals surface area contributed by atoms with Gasteiger partial charge in [-0.05, 0) is 12.1 Å². The smallest absolute Gasteiger partial charge is 0.243 e. The van der Waals surface area contributed by atoms with Gasteiger partial charge >= 0.3 is 0 Å². The molecule has 0 spiro atoms. The predicted octanol–water partition coefficient (Wildman–Crippen LogP) is 1.23. The fourth-order valence-electron chi connectivity index (χ4n) is 3.44. The van der Waals surface area contributed by atoms with E-state index in [0.717, 1.165) is 4.31 Å². The van der Waals surface area contributed by atoms with E-state index in [1.165, 1.54) is 33.5 Å². The molecule has 0 aliphatic carbocycles. The number of anilines is 1.